The summed E-state index contributed by atoms with van der Waals surface area (Å²) < 4.78 is 7.02. The maximum atomic E-state index is 12.2. The van der Waals surface area contributed by atoms with E-state index < -0.39 is 0 Å². The minimum atomic E-state index is -0.0907. The second kappa shape index (κ2) is 6.91. The Morgan fingerprint density at radius 1 is 1.25 bits per heavy atom. The van der Waals surface area contributed by atoms with E-state index in [4.69, 9.17) is 4.74 Å². The summed E-state index contributed by atoms with van der Waals surface area (Å²) in [5.41, 5.74) is 1.99. The van der Waals surface area contributed by atoms with Crippen LogP contribution in [0.3, 0.4) is 0 Å². The fourth-order valence-corrected chi connectivity index (χ4v) is 3.42. The Labute approximate surface area is 136 Å². The first-order valence-electron chi connectivity index (χ1n) is 6.61. The van der Waals surface area contributed by atoms with E-state index in [0.717, 1.165) is 14.6 Å². The lowest BCUT2D eigenvalue weighted by atomic mass is 10.0. The number of nitrogens with one attached hydrogen (secondary N) is 1. The maximum Gasteiger partial charge on any atom is 0.322 e. The van der Waals surface area contributed by atoms with Gasteiger partial charge in [0, 0.05) is 22.0 Å². The van der Waals surface area contributed by atoms with Crippen LogP contribution in [0.5, 0.6) is 0 Å². The van der Waals surface area contributed by atoms with Crippen LogP contribution >= 0.6 is 31.9 Å². The Balaban J connectivity index is 2.14. The van der Waals surface area contributed by atoms with Gasteiger partial charge < -0.3 is 15.0 Å². The van der Waals surface area contributed by atoms with E-state index in [1.54, 1.807) is 4.90 Å². The Hall–Kier alpha value is -0.590. The smallest absolute Gasteiger partial charge is 0.322 e. The van der Waals surface area contributed by atoms with Crippen LogP contribution < -0.4 is 5.32 Å². The number of morpholine rings is 1. The van der Waals surface area contributed by atoms with Crippen LogP contribution in [0.1, 0.15) is 25.3 Å². The molecule has 0 aromatic heterocycles. The van der Waals surface area contributed by atoms with E-state index in [0.29, 0.717) is 32.2 Å². The predicted molar refractivity (Wildman–Crippen MR) is 87.3 cm³/mol. The third-order valence-electron chi connectivity index (χ3n) is 3.26. The molecule has 1 aromatic rings. The molecule has 1 heterocycles. The topological polar surface area (TPSA) is 41.6 Å². The van der Waals surface area contributed by atoms with Crippen molar-refractivity contribution in [3.8, 4) is 0 Å². The molecular weight excluding hydrogens is 388 g/mol. The molecular formula is C14H18Br2N2O2. The highest BCUT2D eigenvalue weighted by molar-refractivity contribution is 9.11. The van der Waals surface area contributed by atoms with Gasteiger partial charge in [0.1, 0.15) is 0 Å². The molecule has 2 amide bonds. The summed E-state index contributed by atoms with van der Waals surface area (Å²) in [4.78, 5) is 14.0. The normalized spacial score (nSPS) is 15.6. The van der Waals surface area contributed by atoms with Crippen LogP contribution in [0.15, 0.2) is 21.1 Å². The molecule has 4 nitrogen and oxygen atoms in total. The zero-order valence-corrected chi connectivity index (χ0v) is 14.8. The van der Waals surface area contributed by atoms with E-state index in [1.807, 2.05) is 12.1 Å². The number of hydrogen-bond donors (Lipinski definition) is 1. The van der Waals surface area contributed by atoms with E-state index >= 15 is 0 Å². The Morgan fingerprint density at radius 3 is 2.30 bits per heavy atom. The number of urea groups is 1. The molecule has 1 aliphatic heterocycles. The molecule has 0 aliphatic carbocycles. The van der Waals surface area contributed by atoms with Gasteiger partial charge in [-0.3, -0.25) is 0 Å². The molecule has 1 aromatic carbocycles. The molecule has 0 saturated carbocycles. The molecule has 110 valence electrons. The lowest BCUT2D eigenvalue weighted by molar-refractivity contribution is 0.0564. The highest BCUT2D eigenvalue weighted by atomic mass is 79.9. The van der Waals surface area contributed by atoms with Crippen molar-refractivity contribution in [3.63, 3.8) is 0 Å². The van der Waals surface area contributed by atoms with Crippen molar-refractivity contribution in [2.24, 2.45) is 0 Å². The molecule has 0 radical (unpaired) electrons. The van der Waals surface area contributed by atoms with Gasteiger partial charge in [-0.2, -0.15) is 0 Å². The summed E-state index contributed by atoms with van der Waals surface area (Å²) in [6.45, 7) is 6.74. The number of nitrogens with zero attached hydrogens (tertiary/aromatic N) is 1. The van der Waals surface area contributed by atoms with E-state index in [-0.39, 0.29) is 6.03 Å². The number of anilines is 1. The number of rotatable bonds is 2. The molecule has 0 unspecified atom stereocenters. The summed E-state index contributed by atoms with van der Waals surface area (Å²) in [5.74, 6) is 0.437. The second-order valence-electron chi connectivity index (χ2n) is 5.04. The molecule has 6 heteroatoms. The standard InChI is InChI=1S/C14H18Br2N2O2/c1-9(2)10-7-11(15)13(12(16)8-10)17-14(19)18-3-5-20-6-4-18/h7-9H,3-6H2,1-2H3,(H,17,19). The van der Waals surface area contributed by atoms with E-state index in [2.05, 4.69) is 51.0 Å². The number of ether oxygens (including phenoxy) is 1. The largest absolute Gasteiger partial charge is 0.378 e. The summed E-state index contributed by atoms with van der Waals surface area (Å²) in [6.07, 6.45) is 0. The zero-order chi connectivity index (χ0) is 14.7. The van der Waals surface area contributed by atoms with Gasteiger partial charge in [-0.05, 0) is 55.5 Å². The van der Waals surface area contributed by atoms with Crippen LogP contribution in [0, 0.1) is 0 Å². The molecule has 1 fully saturated rings. The number of carbonyl (C=O) groups excluding carboxylic acids is 1. The van der Waals surface area contributed by atoms with Gasteiger partial charge in [-0.15, -0.1) is 0 Å². The molecule has 1 aliphatic rings. The average Bonchev–Trinajstić information content (AvgIpc) is 2.43. The first kappa shape index (κ1) is 15.8. The SMILES string of the molecule is CC(C)c1cc(Br)c(NC(=O)N2CCOCC2)c(Br)c1. The number of amides is 2. The first-order chi connectivity index (χ1) is 9.49. The minimum Gasteiger partial charge on any atom is -0.378 e. The molecule has 1 saturated heterocycles. The van der Waals surface area contributed by atoms with Crippen molar-refractivity contribution in [2.45, 2.75) is 19.8 Å². The zero-order valence-electron chi connectivity index (χ0n) is 11.6. The molecule has 20 heavy (non-hydrogen) atoms. The Kier molecular flexibility index (Phi) is 5.46. The number of carbonyl (C=O) groups is 1. The lowest BCUT2D eigenvalue weighted by Gasteiger charge is -2.27. The van der Waals surface area contributed by atoms with Gasteiger partial charge in [0.15, 0.2) is 0 Å². The number of hydrogen-bond acceptors (Lipinski definition) is 2. The summed E-state index contributed by atoms with van der Waals surface area (Å²) in [6, 6.07) is 4.00. The molecule has 0 atom stereocenters. The van der Waals surface area contributed by atoms with Crippen molar-refractivity contribution in [3.05, 3.63) is 26.6 Å². The van der Waals surface area contributed by atoms with Crippen molar-refractivity contribution in [1.29, 1.82) is 0 Å². The fourth-order valence-electron chi connectivity index (χ4n) is 2.00. The molecule has 0 spiro atoms. The van der Waals surface area contributed by atoms with Crippen LogP contribution in [0.4, 0.5) is 10.5 Å². The van der Waals surface area contributed by atoms with Crippen LogP contribution in [0.2, 0.25) is 0 Å². The highest BCUT2D eigenvalue weighted by Gasteiger charge is 2.19. The van der Waals surface area contributed by atoms with Gasteiger partial charge in [0.05, 0.1) is 18.9 Å². The van der Waals surface area contributed by atoms with Gasteiger partial charge in [0.25, 0.3) is 0 Å². The molecule has 2 rings (SSSR count). The third-order valence-corrected chi connectivity index (χ3v) is 4.51. The Bertz CT molecular complexity index is 477. The number of halogens is 2. The van der Waals surface area contributed by atoms with Crippen LogP contribution in [0.25, 0.3) is 0 Å². The number of benzene rings is 1. The van der Waals surface area contributed by atoms with E-state index in [9.17, 15) is 4.79 Å². The highest BCUT2D eigenvalue weighted by Crippen LogP contribution is 2.34. The maximum absolute atomic E-state index is 12.2. The lowest BCUT2D eigenvalue weighted by Crippen LogP contribution is -2.43. The second-order valence-corrected chi connectivity index (χ2v) is 6.75. The summed E-state index contributed by atoms with van der Waals surface area (Å²) in [7, 11) is 0. The van der Waals surface area contributed by atoms with Crippen molar-refractivity contribution >= 4 is 43.6 Å². The monoisotopic (exact) mass is 404 g/mol. The van der Waals surface area contributed by atoms with Gasteiger partial charge in [-0.25, -0.2) is 4.79 Å². The van der Waals surface area contributed by atoms with E-state index in [1.165, 1.54) is 5.56 Å². The average molecular weight is 406 g/mol. The predicted octanol–water partition coefficient (Wildman–Crippen LogP) is 4.20. The third kappa shape index (κ3) is 3.74. The summed E-state index contributed by atoms with van der Waals surface area (Å²) >= 11 is 7.06. The van der Waals surface area contributed by atoms with Crippen molar-refractivity contribution in [1.82, 2.24) is 4.90 Å². The fraction of sp³-hybridized carbons (Fsp3) is 0.500. The summed E-state index contributed by atoms with van der Waals surface area (Å²) in [5, 5.41) is 2.95. The first-order valence-corrected chi connectivity index (χ1v) is 8.20. The van der Waals surface area contributed by atoms with Gasteiger partial charge in [-0.1, -0.05) is 13.8 Å². The van der Waals surface area contributed by atoms with Crippen LogP contribution in [-0.4, -0.2) is 37.2 Å². The molecule has 1 N–H and O–H groups in total. The van der Waals surface area contributed by atoms with Gasteiger partial charge >= 0.3 is 6.03 Å². The van der Waals surface area contributed by atoms with Crippen LogP contribution in [-0.2, 0) is 4.74 Å². The minimum absolute atomic E-state index is 0.0907. The van der Waals surface area contributed by atoms with Crippen molar-refractivity contribution < 1.29 is 9.53 Å². The van der Waals surface area contributed by atoms with Gasteiger partial charge in [0.2, 0.25) is 0 Å². The molecule has 0 bridgehead atoms. The van der Waals surface area contributed by atoms with Crippen molar-refractivity contribution in [2.75, 3.05) is 31.6 Å². The Morgan fingerprint density at radius 2 is 1.80 bits per heavy atom. The quantitative estimate of drug-likeness (QED) is 0.800.